The summed E-state index contributed by atoms with van der Waals surface area (Å²) in [4.78, 5) is 13.3. The number of amides is 1. The highest BCUT2D eigenvalue weighted by molar-refractivity contribution is 7.92. The molecule has 7 nitrogen and oxygen atoms in total. The maximum atomic E-state index is 13.7. The monoisotopic (exact) mass is 527 g/mol. The maximum Gasteiger partial charge on any atom is 0.264 e. The number of aryl methyl sites for hydroxylation is 2. The number of anilines is 2. The summed E-state index contributed by atoms with van der Waals surface area (Å²) in [5, 5.41) is 5.04. The number of para-hydroxylation sites is 2. The number of carbonyl (C=O) groups excluding carboxylic acids is 1. The van der Waals surface area contributed by atoms with Crippen molar-refractivity contribution in [3.8, 4) is 5.75 Å². The third-order valence-electron chi connectivity index (χ3n) is 6.66. The number of hydrogen-bond donors (Lipinski definition) is 1. The van der Waals surface area contributed by atoms with Gasteiger partial charge in [-0.2, -0.15) is 0 Å². The molecule has 0 fully saturated rings. The van der Waals surface area contributed by atoms with E-state index in [4.69, 9.17) is 4.74 Å². The van der Waals surface area contributed by atoms with E-state index in [9.17, 15) is 13.2 Å². The highest BCUT2D eigenvalue weighted by Crippen LogP contribution is 2.31. The Balaban J connectivity index is 1.47. The van der Waals surface area contributed by atoms with E-state index in [1.807, 2.05) is 30.3 Å². The van der Waals surface area contributed by atoms with Crippen molar-refractivity contribution in [2.75, 3.05) is 23.3 Å². The minimum Gasteiger partial charge on any atom is -0.496 e. The predicted molar refractivity (Wildman–Crippen MR) is 152 cm³/mol. The van der Waals surface area contributed by atoms with Gasteiger partial charge >= 0.3 is 0 Å². The van der Waals surface area contributed by atoms with E-state index in [2.05, 4.69) is 28.9 Å². The highest BCUT2D eigenvalue weighted by Gasteiger charge is 2.28. The van der Waals surface area contributed by atoms with E-state index in [0.29, 0.717) is 22.7 Å². The van der Waals surface area contributed by atoms with Crippen LogP contribution in [-0.2, 0) is 21.4 Å². The minimum atomic E-state index is -4.04. The van der Waals surface area contributed by atoms with Crippen LogP contribution >= 0.6 is 0 Å². The number of hydrogen-bond acceptors (Lipinski definition) is 4. The Hall–Kier alpha value is -4.30. The molecular formula is C30H29N3O4S. The third-order valence-corrected chi connectivity index (χ3v) is 8.43. The third kappa shape index (κ3) is 4.59. The molecule has 0 aliphatic rings. The zero-order valence-corrected chi connectivity index (χ0v) is 22.3. The van der Waals surface area contributed by atoms with Crippen molar-refractivity contribution in [1.29, 1.82) is 0 Å². The van der Waals surface area contributed by atoms with Gasteiger partial charge in [-0.1, -0.05) is 36.4 Å². The Labute approximate surface area is 222 Å². The van der Waals surface area contributed by atoms with Gasteiger partial charge in [-0.15, -0.1) is 0 Å². The van der Waals surface area contributed by atoms with Crippen LogP contribution in [0.5, 0.6) is 5.75 Å². The summed E-state index contributed by atoms with van der Waals surface area (Å²) < 4.78 is 36.1. The quantitative estimate of drug-likeness (QED) is 0.270. The zero-order chi connectivity index (χ0) is 26.9. The number of nitrogens with zero attached hydrogens (tertiary/aromatic N) is 2. The Morgan fingerprint density at radius 2 is 1.61 bits per heavy atom. The number of aromatic nitrogens is 1. The molecule has 0 spiro atoms. The summed E-state index contributed by atoms with van der Waals surface area (Å²) in [7, 11) is -2.50. The van der Waals surface area contributed by atoms with Gasteiger partial charge in [0.1, 0.15) is 12.3 Å². The van der Waals surface area contributed by atoms with Crippen LogP contribution in [-0.4, -0.2) is 32.5 Å². The molecule has 1 heterocycles. The normalized spacial score (nSPS) is 11.6. The van der Waals surface area contributed by atoms with Crippen molar-refractivity contribution in [3.05, 3.63) is 96.6 Å². The number of rotatable bonds is 8. The van der Waals surface area contributed by atoms with Crippen molar-refractivity contribution in [3.63, 3.8) is 0 Å². The highest BCUT2D eigenvalue weighted by atomic mass is 32.2. The van der Waals surface area contributed by atoms with E-state index in [1.54, 1.807) is 49.4 Å². The van der Waals surface area contributed by atoms with Crippen molar-refractivity contribution >= 4 is 49.1 Å². The van der Waals surface area contributed by atoms with Gasteiger partial charge < -0.3 is 14.6 Å². The summed E-state index contributed by atoms with van der Waals surface area (Å²) in [5.41, 5.74) is 3.90. The lowest BCUT2D eigenvalue weighted by molar-refractivity contribution is -0.114. The summed E-state index contributed by atoms with van der Waals surface area (Å²) in [6.07, 6.45) is 0. The Kier molecular flexibility index (Phi) is 6.82. The van der Waals surface area contributed by atoms with Gasteiger partial charge in [0.05, 0.1) is 17.7 Å². The van der Waals surface area contributed by atoms with Gasteiger partial charge in [-0.05, 0) is 74.0 Å². The molecule has 0 aliphatic heterocycles. The molecule has 1 amide bonds. The van der Waals surface area contributed by atoms with Crippen LogP contribution in [0.2, 0.25) is 0 Å². The molecule has 0 atom stereocenters. The number of methoxy groups -OCH3 is 1. The second-order valence-corrected chi connectivity index (χ2v) is 10.9. The van der Waals surface area contributed by atoms with Crippen LogP contribution in [0.3, 0.4) is 0 Å². The maximum absolute atomic E-state index is 13.7. The number of ether oxygens (including phenoxy) is 1. The van der Waals surface area contributed by atoms with Gasteiger partial charge in [0, 0.05) is 34.0 Å². The summed E-state index contributed by atoms with van der Waals surface area (Å²) >= 11 is 0. The topological polar surface area (TPSA) is 80.6 Å². The lowest BCUT2D eigenvalue weighted by atomic mass is 10.1. The van der Waals surface area contributed by atoms with Gasteiger partial charge in [0.15, 0.2) is 0 Å². The second-order valence-electron chi connectivity index (χ2n) is 9.02. The lowest BCUT2D eigenvalue weighted by Crippen LogP contribution is -2.38. The molecule has 5 aromatic rings. The van der Waals surface area contributed by atoms with Gasteiger partial charge in [0.2, 0.25) is 5.91 Å². The van der Waals surface area contributed by atoms with Gasteiger partial charge in [-0.25, -0.2) is 8.42 Å². The van der Waals surface area contributed by atoms with Crippen LogP contribution in [0.25, 0.3) is 21.8 Å². The molecule has 194 valence electrons. The second kappa shape index (κ2) is 10.2. The largest absolute Gasteiger partial charge is 0.496 e. The number of carbonyl (C=O) groups is 1. The molecule has 0 saturated carbocycles. The summed E-state index contributed by atoms with van der Waals surface area (Å²) in [5.74, 6) is 0.147. The molecule has 0 unspecified atom stereocenters. The smallest absolute Gasteiger partial charge is 0.264 e. The molecule has 1 N–H and O–H groups in total. The average molecular weight is 528 g/mol. The van der Waals surface area contributed by atoms with Crippen molar-refractivity contribution in [1.82, 2.24) is 4.57 Å². The molecule has 4 aromatic carbocycles. The van der Waals surface area contributed by atoms with Crippen LogP contribution in [0, 0.1) is 6.92 Å². The summed E-state index contributed by atoms with van der Waals surface area (Å²) in [6.45, 7) is 4.32. The first-order chi connectivity index (χ1) is 18.3. The lowest BCUT2D eigenvalue weighted by Gasteiger charge is -2.24. The fraction of sp³-hybridized carbons (Fsp3) is 0.167. The molecule has 0 saturated heterocycles. The van der Waals surface area contributed by atoms with E-state index in [1.165, 1.54) is 13.2 Å². The molecule has 38 heavy (non-hydrogen) atoms. The molecule has 0 aliphatic carbocycles. The molecule has 0 radical (unpaired) electrons. The molecule has 5 rings (SSSR count). The SMILES string of the molecule is CCn1c2ccccc2c2cc(NC(=O)CN(c3ccccc3)S(=O)(=O)c3ccc(OC)c(C)c3)ccc21. The van der Waals surface area contributed by atoms with Crippen molar-refractivity contribution < 1.29 is 17.9 Å². The molecular weight excluding hydrogens is 498 g/mol. The Morgan fingerprint density at radius 1 is 0.895 bits per heavy atom. The van der Waals surface area contributed by atoms with Crippen LogP contribution in [0.15, 0.2) is 95.9 Å². The van der Waals surface area contributed by atoms with Crippen LogP contribution < -0.4 is 14.4 Å². The van der Waals surface area contributed by atoms with E-state index in [0.717, 1.165) is 32.7 Å². The molecule has 8 heteroatoms. The average Bonchev–Trinajstić information content (AvgIpc) is 3.25. The molecule has 1 aromatic heterocycles. The van der Waals surface area contributed by atoms with Crippen LogP contribution in [0.1, 0.15) is 12.5 Å². The first-order valence-corrected chi connectivity index (χ1v) is 13.8. The number of benzene rings is 4. The van der Waals surface area contributed by atoms with Crippen molar-refractivity contribution in [2.45, 2.75) is 25.3 Å². The van der Waals surface area contributed by atoms with E-state index in [-0.39, 0.29) is 11.4 Å². The first kappa shape index (κ1) is 25.4. The van der Waals surface area contributed by atoms with E-state index >= 15 is 0 Å². The Morgan fingerprint density at radius 3 is 2.32 bits per heavy atom. The first-order valence-electron chi connectivity index (χ1n) is 12.4. The number of nitrogens with one attached hydrogen (secondary N) is 1. The Bertz CT molecular complexity index is 1740. The molecule has 0 bridgehead atoms. The van der Waals surface area contributed by atoms with E-state index < -0.39 is 15.9 Å². The number of sulfonamides is 1. The zero-order valence-electron chi connectivity index (χ0n) is 21.5. The van der Waals surface area contributed by atoms with Crippen LogP contribution in [0.4, 0.5) is 11.4 Å². The fourth-order valence-corrected chi connectivity index (χ4v) is 6.36. The van der Waals surface area contributed by atoms with Gasteiger partial charge in [-0.3, -0.25) is 9.10 Å². The standard InChI is InChI=1S/C30H29N3O4S/c1-4-32-27-13-9-8-12-25(27)26-19-22(14-16-28(26)32)31-30(34)20-33(23-10-6-5-7-11-23)38(35,36)24-15-17-29(37-3)21(2)18-24/h5-19H,4,20H2,1-3H3,(H,31,34). The minimum absolute atomic E-state index is 0.0845. The number of fused-ring (bicyclic) bond motifs is 3. The van der Waals surface area contributed by atoms with Crippen molar-refractivity contribution in [2.24, 2.45) is 0 Å². The predicted octanol–water partition coefficient (Wildman–Crippen LogP) is 5.97. The fourth-order valence-electron chi connectivity index (χ4n) is 4.85. The van der Waals surface area contributed by atoms with Gasteiger partial charge in [0.25, 0.3) is 10.0 Å². The summed E-state index contributed by atoms with van der Waals surface area (Å²) in [6, 6.07) is 27.2.